The Morgan fingerprint density at radius 1 is 0.946 bits per heavy atom. The fraction of sp³-hybridized carbons (Fsp3) is 0.148. The number of carbonyl (C=O) groups is 3. The zero-order valence-corrected chi connectivity index (χ0v) is 22.9. The van der Waals surface area contributed by atoms with E-state index in [0.29, 0.717) is 37.4 Å². The molecule has 1 saturated heterocycles. The monoisotopic (exact) mass is 626 g/mol. The third kappa shape index (κ3) is 5.12. The summed E-state index contributed by atoms with van der Waals surface area (Å²) in [6.45, 7) is 4.22. The highest BCUT2D eigenvalue weighted by Gasteiger charge is 2.37. The molecule has 0 bridgehead atoms. The summed E-state index contributed by atoms with van der Waals surface area (Å²) in [6, 6.07) is 13.6. The lowest BCUT2D eigenvalue weighted by Crippen LogP contribution is -2.54. The number of nitrogens with zero attached hydrogens (tertiary/aromatic N) is 1. The molecule has 2 aliphatic heterocycles. The summed E-state index contributed by atoms with van der Waals surface area (Å²) in [5.41, 5.74) is 3.47. The van der Waals surface area contributed by atoms with Gasteiger partial charge < -0.3 is 14.2 Å². The van der Waals surface area contributed by atoms with E-state index in [9.17, 15) is 14.4 Å². The quantitative estimate of drug-likeness (QED) is 0.284. The third-order valence-corrected chi connectivity index (χ3v) is 6.90. The fourth-order valence-electron chi connectivity index (χ4n) is 4.13. The molecule has 3 aromatic carbocycles. The first-order valence-corrected chi connectivity index (χ1v) is 12.8. The molecule has 0 spiro atoms. The Labute approximate surface area is 229 Å². The van der Waals surface area contributed by atoms with Gasteiger partial charge in [-0.1, -0.05) is 12.1 Å². The van der Waals surface area contributed by atoms with E-state index >= 15 is 0 Å². The maximum Gasteiger partial charge on any atom is 0.335 e. The molecule has 5 rings (SSSR count). The highest BCUT2D eigenvalue weighted by molar-refractivity contribution is 9.11. The van der Waals surface area contributed by atoms with Crippen molar-refractivity contribution in [1.29, 1.82) is 0 Å². The van der Waals surface area contributed by atoms with Crippen LogP contribution < -0.4 is 24.4 Å². The van der Waals surface area contributed by atoms with Crippen LogP contribution in [0.1, 0.15) is 22.3 Å². The second-order valence-corrected chi connectivity index (χ2v) is 10.3. The van der Waals surface area contributed by atoms with Gasteiger partial charge in [0.25, 0.3) is 11.8 Å². The van der Waals surface area contributed by atoms with Crippen LogP contribution >= 0.6 is 31.9 Å². The molecule has 0 saturated carbocycles. The van der Waals surface area contributed by atoms with Crippen LogP contribution in [0.25, 0.3) is 6.08 Å². The van der Waals surface area contributed by atoms with Crippen molar-refractivity contribution in [2.24, 2.45) is 0 Å². The average Bonchev–Trinajstić information content (AvgIpc) is 3.28. The predicted molar refractivity (Wildman–Crippen MR) is 144 cm³/mol. The van der Waals surface area contributed by atoms with Gasteiger partial charge in [-0.2, -0.15) is 0 Å². The van der Waals surface area contributed by atoms with Crippen LogP contribution in [0.5, 0.6) is 17.2 Å². The zero-order chi connectivity index (χ0) is 26.3. The Kier molecular flexibility index (Phi) is 6.78. The van der Waals surface area contributed by atoms with E-state index in [1.165, 1.54) is 6.08 Å². The van der Waals surface area contributed by atoms with E-state index in [2.05, 4.69) is 37.2 Å². The van der Waals surface area contributed by atoms with Crippen LogP contribution in [-0.4, -0.2) is 24.6 Å². The Balaban J connectivity index is 1.39. The van der Waals surface area contributed by atoms with E-state index in [4.69, 9.17) is 14.2 Å². The SMILES string of the molecule is Cc1cc(C)cc(N2C(=O)NC(=O)/C(=C\c3cc(Br)c(OCc4ccc5c(c4)OCO5)c(Br)c3)C2=O)c1. The molecule has 1 fully saturated rings. The van der Waals surface area contributed by atoms with Crippen molar-refractivity contribution < 1.29 is 28.6 Å². The van der Waals surface area contributed by atoms with Crippen LogP contribution in [0, 0.1) is 13.8 Å². The smallest absolute Gasteiger partial charge is 0.335 e. The molecule has 1 N–H and O–H groups in total. The van der Waals surface area contributed by atoms with Gasteiger partial charge in [-0.15, -0.1) is 0 Å². The molecule has 0 aromatic heterocycles. The van der Waals surface area contributed by atoms with Crippen molar-refractivity contribution in [1.82, 2.24) is 5.32 Å². The molecule has 37 heavy (non-hydrogen) atoms. The third-order valence-electron chi connectivity index (χ3n) is 5.72. The van der Waals surface area contributed by atoms with Gasteiger partial charge in [0, 0.05) is 0 Å². The van der Waals surface area contributed by atoms with Crippen LogP contribution in [-0.2, 0) is 16.2 Å². The number of benzene rings is 3. The second kappa shape index (κ2) is 10.0. The van der Waals surface area contributed by atoms with Crippen LogP contribution in [0.15, 0.2) is 63.0 Å². The molecule has 188 valence electrons. The maximum atomic E-state index is 13.3. The molecule has 2 heterocycles. The Bertz CT molecular complexity index is 1460. The minimum absolute atomic E-state index is 0.161. The number of barbiturate groups is 1. The van der Waals surface area contributed by atoms with Gasteiger partial charge in [-0.3, -0.25) is 14.9 Å². The number of anilines is 1. The van der Waals surface area contributed by atoms with Gasteiger partial charge in [0.1, 0.15) is 17.9 Å². The maximum absolute atomic E-state index is 13.3. The normalized spacial score (nSPS) is 15.8. The summed E-state index contributed by atoms with van der Waals surface area (Å²) < 4.78 is 18.0. The Hall–Kier alpha value is -3.63. The molecule has 3 aromatic rings. The molecule has 8 nitrogen and oxygen atoms in total. The van der Waals surface area contributed by atoms with E-state index < -0.39 is 17.8 Å². The summed E-state index contributed by atoms with van der Waals surface area (Å²) in [7, 11) is 0. The minimum atomic E-state index is -0.785. The number of halogens is 2. The fourth-order valence-corrected chi connectivity index (χ4v) is 5.58. The largest absolute Gasteiger partial charge is 0.487 e. The number of rotatable bonds is 5. The summed E-state index contributed by atoms with van der Waals surface area (Å²) in [5.74, 6) is 0.457. The van der Waals surface area contributed by atoms with E-state index in [0.717, 1.165) is 21.6 Å². The van der Waals surface area contributed by atoms with Crippen LogP contribution in [0.2, 0.25) is 0 Å². The van der Waals surface area contributed by atoms with Gasteiger partial charge >= 0.3 is 6.03 Å². The van der Waals surface area contributed by atoms with Gasteiger partial charge in [-0.25, -0.2) is 9.69 Å². The number of carbonyl (C=O) groups excluding carboxylic acids is 3. The number of fused-ring (bicyclic) bond motifs is 1. The van der Waals surface area contributed by atoms with Gasteiger partial charge in [0.05, 0.1) is 14.6 Å². The Morgan fingerprint density at radius 2 is 1.62 bits per heavy atom. The van der Waals surface area contributed by atoms with Crippen molar-refractivity contribution in [3.8, 4) is 17.2 Å². The van der Waals surface area contributed by atoms with Crippen molar-refractivity contribution in [2.75, 3.05) is 11.7 Å². The predicted octanol–water partition coefficient (Wildman–Crippen LogP) is 5.80. The number of nitrogens with one attached hydrogen (secondary N) is 1. The molecule has 0 radical (unpaired) electrons. The van der Waals surface area contributed by atoms with E-state index in [1.54, 1.807) is 24.3 Å². The lowest BCUT2D eigenvalue weighted by atomic mass is 10.1. The number of ether oxygens (including phenoxy) is 3. The summed E-state index contributed by atoms with van der Waals surface area (Å²) >= 11 is 7.02. The number of aryl methyl sites for hydroxylation is 2. The van der Waals surface area contributed by atoms with Gasteiger partial charge in [0.15, 0.2) is 11.5 Å². The molecule has 0 atom stereocenters. The average molecular weight is 628 g/mol. The number of urea groups is 1. The van der Waals surface area contributed by atoms with Gasteiger partial charge in [-0.05, 0) is 110 Å². The van der Waals surface area contributed by atoms with Gasteiger partial charge in [0.2, 0.25) is 6.79 Å². The van der Waals surface area contributed by atoms with Crippen molar-refractivity contribution in [3.63, 3.8) is 0 Å². The lowest BCUT2D eigenvalue weighted by molar-refractivity contribution is -0.122. The molecule has 0 unspecified atom stereocenters. The minimum Gasteiger partial charge on any atom is -0.487 e. The standard InChI is InChI=1S/C27H20Br2N2O6/c1-14-5-15(2)7-18(6-14)31-26(33)19(25(32)30-27(31)34)8-17-9-20(28)24(21(29)10-17)35-12-16-3-4-22-23(11-16)37-13-36-22/h3-11H,12-13H2,1-2H3,(H,30,32,34)/b19-8+. The first-order valence-electron chi connectivity index (χ1n) is 11.2. The summed E-state index contributed by atoms with van der Waals surface area (Å²) in [4.78, 5) is 39.4. The number of imide groups is 2. The first-order chi connectivity index (χ1) is 17.7. The van der Waals surface area contributed by atoms with Crippen molar-refractivity contribution in [3.05, 3.63) is 85.3 Å². The first kappa shape index (κ1) is 25.0. The molecule has 0 aliphatic carbocycles. The van der Waals surface area contributed by atoms with Crippen molar-refractivity contribution in [2.45, 2.75) is 20.5 Å². The molecular formula is C27H20Br2N2O6. The second-order valence-electron chi connectivity index (χ2n) is 8.59. The topological polar surface area (TPSA) is 94.2 Å². The van der Waals surface area contributed by atoms with Crippen LogP contribution in [0.3, 0.4) is 0 Å². The van der Waals surface area contributed by atoms with E-state index in [1.807, 2.05) is 38.1 Å². The van der Waals surface area contributed by atoms with E-state index in [-0.39, 0.29) is 19.0 Å². The highest BCUT2D eigenvalue weighted by atomic mass is 79.9. The molecular weight excluding hydrogens is 608 g/mol. The summed E-state index contributed by atoms with van der Waals surface area (Å²) in [5, 5.41) is 2.26. The summed E-state index contributed by atoms with van der Waals surface area (Å²) in [6.07, 6.45) is 1.44. The molecule has 10 heteroatoms. The Morgan fingerprint density at radius 3 is 2.32 bits per heavy atom. The van der Waals surface area contributed by atoms with Crippen LogP contribution in [0.4, 0.5) is 10.5 Å². The number of amides is 4. The molecule has 2 aliphatic rings. The molecule has 4 amide bonds. The number of hydrogen-bond donors (Lipinski definition) is 1. The zero-order valence-electron chi connectivity index (χ0n) is 19.8. The highest BCUT2D eigenvalue weighted by Crippen LogP contribution is 2.37. The lowest BCUT2D eigenvalue weighted by Gasteiger charge is -2.27. The number of hydrogen-bond acceptors (Lipinski definition) is 6. The van der Waals surface area contributed by atoms with Crippen molar-refractivity contribution >= 4 is 61.5 Å².